The number of fused-ring (bicyclic) bond motifs is 1. The Morgan fingerprint density at radius 3 is 2.62 bits per heavy atom. The number of amides is 2. The third kappa shape index (κ3) is 3.16. The first-order valence-electron chi connectivity index (χ1n) is 11.1. The van der Waals surface area contributed by atoms with E-state index in [9.17, 15) is 24.6 Å². The molecule has 0 aromatic heterocycles. The molecule has 32 heavy (non-hydrogen) atoms. The molecule has 0 aliphatic carbocycles. The van der Waals surface area contributed by atoms with Crippen molar-refractivity contribution in [1.82, 2.24) is 4.90 Å². The van der Waals surface area contributed by atoms with Crippen LogP contribution in [0.1, 0.15) is 30.4 Å². The SMILES string of the molecule is C=CCN(C(=O)C1N(CCCO)C(=O)[C@@H]2[C@H](C(=O)O)[C@@H]3CCC12O3)c1c(C)cccc1C. The highest BCUT2D eigenvalue weighted by Gasteiger charge is 2.74. The summed E-state index contributed by atoms with van der Waals surface area (Å²) in [4.78, 5) is 42.7. The predicted molar refractivity (Wildman–Crippen MR) is 117 cm³/mol. The van der Waals surface area contributed by atoms with Gasteiger partial charge >= 0.3 is 5.97 Å². The number of nitrogens with zero attached hydrogens (tertiary/aromatic N) is 2. The number of carboxylic acid groups (broad SMARTS) is 1. The number of para-hydroxylation sites is 1. The van der Waals surface area contributed by atoms with E-state index in [1.54, 1.807) is 11.0 Å². The lowest BCUT2D eigenvalue weighted by Crippen LogP contribution is -2.56. The average molecular weight is 443 g/mol. The summed E-state index contributed by atoms with van der Waals surface area (Å²) >= 11 is 0. The molecule has 2 bridgehead atoms. The molecule has 3 heterocycles. The minimum Gasteiger partial charge on any atom is -0.481 e. The number of aliphatic hydroxyl groups excluding tert-OH is 1. The van der Waals surface area contributed by atoms with Crippen molar-refractivity contribution in [1.29, 1.82) is 0 Å². The molecular formula is C24H30N2O6. The molecule has 4 rings (SSSR count). The van der Waals surface area contributed by atoms with E-state index in [-0.39, 0.29) is 31.5 Å². The summed E-state index contributed by atoms with van der Waals surface area (Å²) in [6.45, 7) is 7.93. The monoisotopic (exact) mass is 442 g/mol. The normalized spacial score (nSPS) is 30.5. The summed E-state index contributed by atoms with van der Waals surface area (Å²) in [6.07, 6.45) is 2.33. The van der Waals surface area contributed by atoms with E-state index in [1.807, 2.05) is 32.0 Å². The number of hydrogen-bond donors (Lipinski definition) is 2. The minimum absolute atomic E-state index is 0.137. The zero-order valence-corrected chi connectivity index (χ0v) is 18.5. The number of aliphatic hydroxyl groups is 1. The lowest BCUT2D eigenvalue weighted by molar-refractivity contribution is -0.149. The van der Waals surface area contributed by atoms with Crippen LogP contribution in [-0.2, 0) is 19.1 Å². The number of carbonyl (C=O) groups excluding carboxylic acids is 2. The minimum atomic E-state index is -1.16. The van der Waals surface area contributed by atoms with Crippen LogP contribution in [-0.4, -0.2) is 70.3 Å². The van der Waals surface area contributed by atoms with Crippen LogP contribution in [0.4, 0.5) is 5.69 Å². The quantitative estimate of drug-likeness (QED) is 0.593. The van der Waals surface area contributed by atoms with Crippen molar-refractivity contribution in [3.05, 3.63) is 42.0 Å². The Labute approximate surface area is 187 Å². The number of likely N-dealkylation sites (tertiary alicyclic amines) is 1. The fourth-order valence-electron chi connectivity index (χ4n) is 6.00. The van der Waals surface area contributed by atoms with Crippen LogP contribution in [0.3, 0.4) is 0 Å². The van der Waals surface area contributed by atoms with Gasteiger partial charge in [-0.25, -0.2) is 0 Å². The van der Waals surface area contributed by atoms with Gasteiger partial charge in [-0.3, -0.25) is 14.4 Å². The number of ether oxygens (including phenoxy) is 1. The maximum absolute atomic E-state index is 14.2. The Balaban J connectivity index is 1.81. The predicted octanol–water partition coefficient (Wildman–Crippen LogP) is 1.66. The van der Waals surface area contributed by atoms with E-state index in [0.717, 1.165) is 16.8 Å². The summed E-state index contributed by atoms with van der Waals surface area (Å²) in [5, 5.41) is 19.2. The fourth-order valence-corrected chi connectivity index (χ4v) is 6.00. The third-order valence-corrected chi connectivity index (χ3v) is 7.16. The molecule has 5 atom stereocenters. The van der Waals surface area contributed by atoms with Crippen LogP contribution in [0.5, 0.6) is 0 Å². The van der Waals surface area contributed by atoms with Gasteiger partial charge in [0.05, 0.1) is 17.9 Å². The van der Waals surface area contributed by atoms with Crippen molar-refractivity contribution in [2.75, 3.05) is 24.6 Å². The van der Waals surface area contributed by atoms with Gasteiger partial charge in [0.1, 0.15) is 11.6 Å². The van der Waals surface area contributed by atoms with Gasteiger partial charge in [0.2, 0.25) is 5.91 Å². The van der Waals surface area contributed by atoms with Crippen molar-refractivity contribution in [3.8, 4) is 0 Å². The van der Waals surface area contributed by atoms with Gasteiger partial charge < -0.3 is 24.7 Å². The summed E-state index contributed by atoms with van der Waals surface area (Å²) < 4.78 is 6.22. The van der Waals surface area contributed by atoms with Gasteiger partial charge in [0, 0.05) is 25.4 Å². The zero-order chi connectivity index (χ0) is 23.2. The van der Waals surface area contributed by atoms with E-state index in [4.69, 9.17) is 4.74 Å². The number of carbonyl (C=O) groups is 3. The summed E-state index contributed by atoms with van der Waals surface area (Å²) in [5.74, 6) is -3.59. The fraction of sp³-hybridized carbons (Fsp3) is 0.542. The third-order valence-electron chi connectivity index (χ3n) is 7.16. The average Bonchev–Trinajstić information content (AvgIpc) is 3.38. The molecule has 2 amide bonds. The van der Waals surface area contributed by atoms with Gasteiger partial charge in [0.25, 0.3) is 5.91 Å². The lowest BCUT2D eigenvalue weighted by atomic mass is 9.70. The van der Waals surface area contributed by atoms with Gasteiger partial charge in [-0.15, -0.1) is 6.58 Å². The molecule has 8 heteroatoms. The van der Waals surface area contributed by atoms with Gasteiger partial charge in [-0.05, 0) is 44.2 Å². The molecule has 8 nitrogen and oxygen atoms in total. The number of anilines is 1. The number of rotatable bonds is 8. The molecule has 3 aliphatic rings. The zero-order valence-electron chi connectivity index (χ0n) is 18.5. The lowest BCUT2D eigenvalue weighted by Gasteiger charge is -2.37. The Morgan fingerprint density at radius 1 is 1.34 bits per heavy atom. The summed E-state index contributed by atoms with van der Waals surface area (Å²) in [5.41, 5.74) is 1.43. The van der Waals surface area contributed by atoms with E-state index in [0.29, 0.717) is 19.3 Å². The molecule has 0 radical (unpaired) electrons. The van der Waals surface area contributed by atoms with Crippen molar-refractivity contribution < 1.29 is 29.3 Å². The van der Waals surface area contributed by atoms with Crippen LogP contribution >= 0.6 is 0 Å². The van der Waals surface area contributed by atoms with E-state index < -0.39 is 35.6 Å². The van der Waals surface area contributed by atoms with Gasteiger partial charge in [0.15, 0.2) is 0 Å². The number of carboxylic acids is 1. The van der Waals surface area contributed by atoms with Crippen molar-refractivity contribution >= 4 is 23.5 Å². The molecule has 3 aliphatic heterocycles. The van der Waals surface area contributed by atoms with Crippen LogP contribution in [0.15, 0.2) is 30.9 Å². The van der Waals surface area contributed by atoms with E-state index in [1.165, 1.54) is 4.90 Å². The topological polar surface area (TPSA) is 107 Å². The molecule has 3 saturated heterocycles. The molecule has 3 fully saturated rings. The number of aliphatic carboxylic acids is 1. The smallest absolute Gasteiger partial charge is 0.310 e. The second-order valence-electron chi connectivity index (χ2n) is 8.98. The second-order valence-corrected chi connectivity index (χ2v) is 8.98. The number of hydrogen-bond acceptors (Lipinski definition) is 5. The number of aryl methyl sites for hydroxylation is 2. The standard InChI is InChI=1S/C24H30N2O6/c1-4-11-25(19-14(2)7-5-8-15(19)3)22(29)20-24-10-9-16(32-24)17(23(30)31)18(24)21(28)26(20)12-6-13-27/h4-5,7-8,16-18,20,27H,1,6,9-13H2,2-3H3,(H,30,31)/t16-,17+,18-,20?,24?/m0/s1. The summed E-state index contributed by atoms with van der Waals surface area (Å²) in [6, 6.07) is 4.83. The molecule has 1 spiro atoms. The summed E-state index contributed by atoms with van der Waals surface area (Å²) in [7, 11) is 0. The first-order chi connectivity index (χ1) is 15.3. The highest BCUT2D eigenvalue weighted by Crippen LogP contribution is 2.58. The van der Waals surface area contributed by atoms with E-state index >= 15 is 0 Å². The van der Waals surface area contributed by atoms with Crippen LogP contribution in [0.25, 0.3) is 0 Å². The highest BCUT2D eigenvalue weighted by molar-refractivity contribution is 6.05. The Hall–Kier alpha value is -2.71. The molecule has 1 aromatic carbocycles. The Bertz CT molecular complexity index is 942. The highest BCUT2D eigenvalue weighted by atomic mass is 16.5. The molecule has 2 unspecified atom stereocenters. The largest absolute Gasteiger partial charge is 0.481 e. The maximum atomic E-state index is 14.2. The maximum Gasteiger partial charge on any atom is 0.310 e. The second kappa shape index (κ2) is 8.33. The first-order valence-corrected chi connectivity index (χ1v) is 11.1. The van der Waals surface area contributed by atoms with Crippen LogP contribution in [0.2, 0.25) is 0 Å². The van der Waals surface area contributed by atoms with Crippen molar-refractivity contribution in [2.24, 2.45) is 11.8 Å². The molecular weight excluding hydrogens is 412 g/mol. The number of benzene rings is 1. The van der Waals surface area contributed by atoms with Crippen LogP contribution in [0, 0.1) is 25.7 Å². The van der Waals surface area contributed by atoms with Crippen molar-refractivity contribution in [3.63, 3.8) is 0 Å². The van der Waals surface area contributed by atoms with Crippen molar-refractivity contribution in [2.45, 2.75) is 50.9 Å². The Morgan fingerprint density at radius 2 is 2.03 bits per heavy atom. The first kappa shape index (κ1) is 22.5. The molecule has 2 N–H and O–H groups in total. The molecule has 0 saturated carbocycles. The van der Waals surface area contributed by atoms with Gasteiger partial charge in [-0.1, -0.05) is 24.3 Å². The van der Waals surface area contributed by atoms with E-state index in [2.05, 4.69) is 6.58 Å². The Kier molecular flexibility index (Phi) is 5.85. The van der Waals surface area contributed by atoms with Crippen LogP contribution < -0.4 is 4.90 Å². The molecule has 1 aromatic rings. The molecule has 172 valence electrons. The van der Waals surface area contributed by atoms with Gasteiger partial charge in [-0.2, -0.15) is 0 Å².